The lowest BCUT2D eigenvalue weighted by Crippen LogP contribution is -2.11. The number of ether oxygens (including phenoxy) is 1. The van der Waals surface area contributed by atoms with Crippen molar-refractivity contribution in [2.75, 3.05) is 5.75 Å². The highest BCUT2D eigenvalue weighted by atomic mass is 32.2. The monoisotopic (exact) mass is 462 g/mol. The maximum Gasteiger partial charge on any atom is 0.316 e. The molecule has 1 heterocycles. The molecule has 0 aliphatic heterocycles. The highest BCUT2D eigenvalue weighted by Crippen LogP contribution is 2.28. The van der Waals surface area contributed by atoms with Gasteiger partial charge in [-0.15, -0.1) is 10.2 Å². The van der Waals surface area contributed by atoms with Crippen LogP contribution in [-0.2, 0) is 16.1 Å². The van der Waals surface area contributed by atoms with Gasteiger partial charge in [0.25, 0.3) is 0 Å². The number of benzene rings is 3. The minimum atomic E-state index is -0.516. The lowest BCUT2D eigenvalue weighted by Gasteiger charge is -2.10. The van der Waals surface area contributed by atoms with Gasteiger partial charge in [-0.2, -0.15) is 0 Å². The van der Waals surface area contributed by atoms with Gasteiger partial charge in [-0.25, -0.2) is 4.39 Å². The Labute approximate surface area is 193 Å². The van der Waals surface area contributed by atoms with E-state index in [1.807, 2.05) is 34.9 Å². The highest BCUT2D eigenvalue weighted by Gasteiger charge is 2.17. The molecule has 0 bridgehead atoms. The van der Waals surface area contributed by atoms with Crippen LogP contribution in [0.25, 0.3) is 17.1 Å². The van der Waals surface area contributed by atoms with Crippen LogP contribution in [0.4, 0.5) is 4.39 Å². The van der Waals surface area contributed by atoms with Crippen molar-refractivity contribution in [3.63, 3.8) is 0 Å². The van der Waals surface area contributed by atoms with Crippen LogP contribution in [0, 0.1) is 5.82 Å². The summed E-state index contributed by atoms with van der Waals surface area (Å²) in [5.74, 6) is -0.728. The molecule has 4 aromatic rings. The fourth-order valence-corrected chi connectivity index (χ4v) is 3.80. The summed E-state index contributed by atoms with van der Waals surface area (Å²) in [6.07, 6.45) is 0. The molecule has 7 nitrogen and oxygen atoms in total. The molecule has 0 unspecified atom stereocenters. The number of hydrogen-bond acceptors (Lipinski definition) is 6. The third-order valence-electron chi connectivity index (χ3n) is 4.71. The molecule has 0 saturated heterocycles. The smallest absolute Gasteiger partial charge is 0.316 e. The predicted molar refractivity (Wildman–Crippen MR) is 122 cm³/mol. The average molecular weight is 463 g/mol. The summed E-state index contributed by atoms with van der Waals surface area (Å²) in [6, 6.07) is 22.0. The van der Waals surface area contributed by atoms with Crippen molar-refractivity contribution in [1.29, 1.82) is 0 Å². The first-order chi connectivity index (χ1) is 16.0. The van der Waals surface area contributed by atoms with Gasteiger partial charge < -0.3 is 10.5 Å². The number of esters is 1. The number of nitrogens with two attached hydrogens (primary N) is 1. The average Bonchev–Trinajstić information content (AvgIpc) is 3.26. The first-order valence-electron chi connectivity index (χ1n) is 9.95. The van der Waals surface area contributed by atoms with E-state index in [0.29, 0.717) is 22.1 Å². The summed E-state index contributed by atoms with van der Waals surface area (Å²) in [5, 5.41) is 9.01. The lowest BCUT2D eigenvalue weighted by molar-refractivity contribution is -0.141. The third kappa shape index (κ3) is 5.45. The maximum atomic E-state index is 13.4. The fourth-order valence-electron chi connectivity index (χ4n) is 3.05. The number of primary amides is 1. The first kappa shape index (κ1) is 22.2. The number of nitrogens with zero attached hydrogens (tertiary/aromatic N) is 3. The molecule has 0 aliphatic carbocycles. The molecule has 0 atom stereocenters. The Morgan fingerprint density at radius 2 is 1.64 bits per heavy atom. The summed E-state index contributed by atoms with van der Waals surface area (Å²) < 4.78 is 20.5. The van der Waals surface area contributed by atoms with Crippen LogP contribution in [-0.4, -0.2) is 32.4 Å². The SMILES string of the molecule is NC(=O)c1ccc(COC(=O)CSc2nnc(-c3ccc(F)cc3)n2-c2ccccc2)cc1. The van der Waals surface area contributed by atoms with Crippen LogP contribution < -0.4 is 5.73 Å². The van der Waals surface area contributed by atoms with Crippen molar-refractivity contribution in [2.24, 2.45) is 5.73 Å². The molecule has 9 heteroatoms. The van der Waals surface area contributed by atoms with Gasteiger partial charge in [-0.05, 0) is 54.1 Å². The molecule has 0 fully saturated rings. The minimum absolute atomic E-state index is 0.0216. The number of rotatable bonds is 8. The second kappa shape index (κ2) is 10.1. The topological polar surface area (TPSA) is 100 Å². The fraction of sp³-hybridized carbons (Fsp3) is 0.0833. The largest absolute Gasteiger partial charge is 0.460 e. The molecule has 0 spiro atoms. The van der Waals surface area contributed by atoms with Gasteiger partial charge in [0.2, 0.25) is 5.91 Å². The van der Waals surface area contributed by atoms with Crippen molar-refractivity contribution in [1.82, 2.24) is 14.8 Å². The van der Waals surface area contributed by atoms with Crippen molar-refractivity contribution in [3.05, 3.63) is 95.8 Å². The molecule has 0 saturated carbocycles. The summed E-state index contributed by atoms with van der Waals surface area (Å²) >= 11 is 1.19. The van der Waals surface area contributed by atoms with E-state index in [2.05, 4.69) is 10.2 Å². The van der Waals surface area contributed by atoms with Gasteiger partial charge in [-0.1, -0.05) is 42.1 Å². The quantitative estimate of drug-likeness (QED) is 0.314. The van der Waals surface area contributed by atoms with Crippen LogP contribution in [0.3, 0.4) is 0 Å². The summed E-state index contributed by atoms with van der Waals surface area (Å²) in [6.45, 7) is 0.0740. The van der Waals surface area contributed by atoms with Crippen LogP contribution >= 0.6 is 11.8 Å². The zero-order valence-electron chi connectivity index (χ0n) is 17.3. The Hall–Kier alpha value is -3.98. The Bertz CT molecular complexity index is 1260. The zero-order chi connectivity index (χ0) is 23.2. The van der Waals surface area contributed by atoms with E-state index in [1.165, 1.54) is 23.9 Å². The van der Waals surface area contributed by atoms with Crippen molar-refractivity contribution < 1.29 is 18.7 Å². The predicted octanol–water partition coefficient (Wildman–Crippen LogP) is 4.01. The van der Waals surface area contributed by atoms with Crippen LogP contribution in [0.2, 0.25) is 0 Å². The van der Waals surface area contributed by atoms with Crippen LogP contribution in [0.5, 0.6) is 0 Å². The van der Waals surface area contributed by atoms with Crippen molar-refractivity contribution >= 4 is 23.6 Å². The van der Waals surface area contributed by atoms with E-state index in [-0.39, 0.29) is 18.2 Å². The maximum absolute atomic E-state index is 13.4. The van der Waals surface area contributed by atoms with Crippen molar-refractivity contribution in [3.8, 4) is 17.1 Å². The Balaban J connectivity index is 1.47. The molecule has 0 aliphatic rings. The highest BCUT2D eigenvalue weighted by molar-refractivity contribution is 7.99. The number of thioether (sulfide) groups is 1. The molecular formula is C24H19FN4O3S. The van der Waals surface area contributed by atoms with Gasteiger partial charge in [0.15, 0.2) is 11.0 Å². The van der Waals surface area contributed by atoms with E-state index >= 15 is 0 Å². The van der Waals surface area contributed by atoms with Gasteiger partial charge in [0.1, 0.15) is 12.4 Å². The van der Waals surface area contributed by atoms with E-state index in [9.17, 15) is 14.0 Å². The molecule has 166 valence electrons. The molecule has 0 radical (unpaired) electrons. The van der Waals surface area contributed by atoms with E-state index in [4.69, 9.17) is 10.5 Å². The number of carbonyl (C=O) groups is 2. The van der Waals surface area contributed by atoms with Crippen LogP contribution in [0.15, 0.2) is 84.0 Å². The first-order valence-corrected chi connectivity index (χ1v) is 10.9. The van der Waals surface area contributed by atoms with Gasteiger partial charge in [0.05, 0.1) is 5.75 Å². The van der Waals surface area contributed by atoms with Crippen molar-refractivity contribution in [2.45, 2.75) is 11.8 Å². The molecule has 3 aromatic carbocycles. The Kier molecular flexibility index (Phi) is 6.80. The second-order valence-corrected chi connectivity index (χ2v) is 7.94. The van der Waals surface area contributed by atoms with Gasteiger partial charge >= 0.3 is 5.97 Å². The molecule has 1 aromatic heterocycles. The Morgan fingerprint density at radius 1 is 0.939 bits per heavy atom. The number of aromatic nitrogens is 3. The zero-order valence-corrected chi connectivity index (χ0v) is 18.2. The minimum Gasteiger partial charge on any atom is -0.460 e. The molecule has 4 rings (SSSR count). The van der Waals surface area contributed by atoms with E-state index in [0.717, 1.165) is 11.3 Å². The number of amides is 1. The lowest BCUT2D eigenvalue weighted by atomic mass is 10.1. The molecule has 33 heavy (non-hydrogen) atoms. The normalized spacial score (nSPS) is 10.7. The molecule has 2 N–H and O–H groups in total. The van der Waals surface area contributed by atoms with Gasteiger partial charge in [-0.3, -0.25) is 14.2 Å². The number of hydrogen-bond donors (Lipinski definition) is 1. The number of halogens is 1. The summed E-state index contributed by atoms with van der Waals surface area (Å²) in [4.78, 5) is 23.5. The van der Waals surface area contributed by atoms with Gasteiger partial charge in [0, 0.05) is 16.8 Å². The Morgan fingerprint density at radius 3 is 2.30 bits per heavy atom. The number of carbonyl (C=O) groups excluding carboxylic acids is 2. The summed E-state index contributed by atoms with van der Waals surface area (Å²) in [7, 11) is 0. The third-order valence-corrected chi connectivity index (χ3v) is 5.61. The standard InChI is InChI=1S/C24H19FN4O3S/c25-19-12-10-18(11-13-19)23-27-28-24(29(23)20-4-2-1-3-5-20)33-15-21(30)32-14-16-6-8-17(9-7-16)22(26)31/h1-13H,14-15H2,(H2,26,31). The molecule has 1 amide bonds. The van der Waals surface area contributed by atoms with E-state index < -0.39 is 11.9 Å². The van der Waals surface area contributed by atoms with Crippen LogP contribution in [0.1, 0.15) is 15.9 Å². The summed E-state index contributed by atoms with van der Waals surface area (Å²) in [5.41, 5.74) is 7.86. The number of para-hydroxylation sites is 1. The van der Waals surface area contributed by atoms with E-state index in [1.54, 1.807) is 36.4 Å². The molecular weight excluding hydrogens is 443 g/mol. The second-order valence-electron chi connectivity index (χ2n) is 6.99.